The Hall–Kier alpha value is -2.06. The number of benzene rings is 1. The summed E-state index contributed by atoms with van der Waals surface area (Å²) in [4.78, 5) is 16.1. The van der Waals surface area contributed by atoms with Gasteiger partial charge in [-0.1, -0.05) is 37.6 Å². The van der Waals surface area contributed by atoms with Crippen LogP contribution in [0.4, 0.5) is 0 Å². The van der Waals surface area contributed by atoms with Crippen LogP contribution in [0, 0.1) is 5.92 Å². The third kappa shape index (κ3) is 4.52. The minimum atomic E-state index is -4.12. The molecule has 1 aromatic heterocycles. The van der Waals surface area contributed by atoms with Crippen LogP contribution in [0.1, 0.15) is 30.8 Å². The van der Waals surface area contributed by atoms with Gasteiger partial charge in [-0.15, -0.1) is 0 Å². The number of para-hydroxylation sites is 1. The van der Waals surface area contributed by atoms with Gasteiger partial charge in [0.2, 0.25) is 0 Å². The minimum absolute atomic E-state index is 0.105. The van der Waals surface area contributed by atoms with Crippen LogP contribution in [0.5, 0.6) is 5.75 Å². The van der Waals surface area contributed by atoms with E-state index in [-0.39, 0.29) is 21.5 Å². The van der Waals surface area contributed by atoms with Crippen LogP contribution in [0.15, 0.2) is 35.5 Å². The van der Waals surface area contributed by atoms with Crippen molar-refractivity contribution in [3.05, 3.63) is 41.4 Å². The number of nitrogens with one attached hydrogen (secondary N) is 1. The number of rotatable bonds is 7. The Morgan fingerprint density at radius 2 is 2.04 bits per heavy atom. The number of hydrogen-bond donors (Lipinski definition) is 1. The summed E-state index contributed by atoms with van der Waals surface area (Å²) in [5.41, 5.74) is -0.135. The SMILES string of the molecule is COc1ccccc1S(=O)(=O)NC(=O)c1ncn(CCC(C)C)c1Cl. The van der Waals surface area contributed by atoms with Crippen molar-refractivity contribution in [2.45, 2.75) is 31.7 Å². The number of imidazole rings is 1. The van der Waals surface area contributed by atoms with E-state index >= 15 is 0 Å². The number of aryl methyl sites for hydroxylation is 1. The number of nitrogens with zero attached hydrogens (tertiary/aromatic N) is 2. The Balaban J connectivity index is 2.22. The second kappa shape index (κ2) is 7.88. The van der Waals surface area contributed by atoms with E-state index in [1.807, 2.05) is 4.72 Å². The molecule has 0 radical (unpaired) electrons. The monoisotopic (exact) mass is 385 g/mol. The van der Waals surface area contributed by atoms with Gasteiger partial charge in [-0.25, -0.2) is 18.1 Å². The number of sulfonamides is 1. The number of amides is 1. The summed E-state index contributed by atoms with van der Waals surface area (Å²) in [7, 11) is -2.77. The zero-order valence-electron chi connectivity index (χ0n) is 14.2. The molecule has 0 spiro atoms. The van der Waals surface area contributed by atoms with Crippen LogP contribution in [-0.4, -0.2) is 31.0 Å². The first-order valence-corrected chi connectivity index (χ1v) is 9.53. The summed E-state index contributed by atoms with van der Waals surface area (Å²) in [5, 5.41) is 0.105. The molecule has 9 heteroatoms. The highest BCUT2D eigenvalue weighted by atomic mass is 35.5. The van der Waals surface area contributed by atoms with Crippen LogP contribution in [-0.2, 0) is 16.6 Å². The van der Waals surface area contributed by atoms with Gasteiger partial charge in [-0.3, -0.25) is 4.79 Å². The lowest BCUT2D eigenvalue weighted by molar-refractivity contribution is 0.0977. The predicted octanol–water partition coefficient (Wildman–Crippen LogP) is 2.71. The van der Waals surface area contributed by atoms with E-state index in [2.05, 4.69) is 18.8 Å². The molecule has 25 heavy (non-hydrogen) atoms. The first-order valence-electron chi connectivity index (χ1n) is 7.67. The number of methoxy groups -OCH3 is 1. The predicted molar refractivity (Wildman–Crippen MR) is 94.3 cm³/mol. The average molecular weight is 386 g/mol. The number of carbonyl (C=O) groups excluding carboxylic acids is 1. The molecule has 0 fully saturated rings. The molecule has 1 amide bonds. The van der Waals surface area contributed by atoms with Gasteiger partial charge >= 0.3 is 0 Å². The molecular weight excluding hydrogens is 366 g/mol. The van der Waals surface area contributed by atoms with E-state index in [0.717, 1.165) is 6.42 Å². The molecule has 1 heterocycles. The lowest BCUT2D eigenvalue weighted by Gasteiger charge is -2.10. The molecule has 0 aliphatic rings. The quantitative estimate of drug-likeness (QED) is 0.791. The summed E-state index contributed by atoms with van der Waals surface area (Å²) in [6, 6.07) is 6.01. The second-order valence-corrected chi connectivity index (χ2v) is 7.85. The largest absolute Gasteiger partial charge is 0.495 e. The van der Waals surface area contributed by atoms with Gasteiger partial charge in [0.05, 0.1) is 13.4 Å². The fourth-order valence-electron chi connectivity index (χ4n) is 2.14. The zero-order chi connectivity index (χ0) is 18.6. The number of hydrogen-bond acceptors (Lipinski definition) is 5. The Bertz CT molecular complexity index is 862. The molecule has 0 aliphatic carbocycles. The van der Waals surface area contributed by atoms with Crippen molar-refractivity contribution >= 4 is 27.5 Å². The van der Waals surface area contributed by atoms with Gasteiger partial charge in [0.25, 0.3) is 15.9 Å². The Kier molecular flexibility index (Phi) is 6.07. The summed E-state index contributed by atoms with van der Waals surface area (Å²) in [6.07, 6.45) is 2.28. The molecule has 136 valence electrons. The Morgan fingerprint density at radius 3 is 2.68 bits per heavy atom. The van der Waals surface area contributed by atoms with Gasteiger partial charge in [0, 0.05) is 6.54 Å². The van der Waals surface area contributed by atoms with Crippen molar-refractivity contribution in [1.82, 2.24) is 14.3 Å². The number of ether oxygens (including phenoxy) is 1. The molecule has 0 bridgehead atoms. The van der Waals surface area contributed by atoms with E-state index in [1.165, 1.54) is 31.6 Å². The third-order valence-electron chi connectivity index (χ3n) is 3.52. The standard InChI is InChI=1S/C16H20ClN3O4S/c1-11(2)8-9-20-10-18-14(15(20)17)16(21)19-25(22,23)13-7-5-4-6-12(13)24-3/h4-7,10-11H,8-9H2,1-3H3,(H,19,21). The zero-order valence-corrected chi connectivity index (χ0v) is 15.8. The second-order valence-electron chi connectivity index (χ2n) is 5.85. The molecule has 1 N–H and O–H groups in total. The van der Waals surface area contributed by atoms with Gasteiger partial charge in [0.15, 0.2) is 5.69 Å². The molecule has 0 atom stereocenters. The van der Waals surface area contributed by atoms with Gasteiger partial charge < -0.3 is 9.30 Å². The number of aromatic nitrogens is 2. The van der Waals surface area contributed by atoms with Crippen molar-refractivity contribution in [3.63, 3.8) is 0 Å². The first kappa shape index (κ1) is 19.3. The van der Waals surface area contributed by atoms with Gasteiger partial charge in [0.1, 0.15) is 15.8 Å². The Morgan fingerprint density at radius 1 is 1.36 bits per heavy atom. The van der Waals surface area contributed by atoms with Crippen LogP contribution >= 0.6 is 11.6 Å². The van der Waals surface area contributed by atoms with Crippen molar-refractivity contribution in [2.75, 3.05) is 7.11 Å². The lowest BCUT2D eigenvalue weighted by Crippen LogP contribution is -2.31. The molecule has 1 aromatic carbocycles. The highest BCUT2D eigenvalue weighted by Crippen LogP contribution is 2.23. The highest BCUT2D eigenvalue weighted by molar-refractivity contribution is 7.90. The van der Waals surface area contributed by atoms with E-state index < -0.39 is 15.9 Å². The van der Waals surface area contributed by atoms with E-state index in [1.54, 1.807) is 10.6 Å². The first-order chi connectivity index (χ1) is 11.8. The fourth-order valence-corrected chi connectivity index (χ4v) is 3.53. The van der Waals surface area contributed by atoms with E-state index in [0.29, 0.717) is 12.5 Å². The summed E-state index contributed by atoms with van der Waals surface area (Å²) < 4.78 is 33.5. The molecule has 2 rings (SSSR count). The molecule has 0 unspecified atom stereocenters. The molecule has 7 nitrogen and oxygen atoms in total. The third-order valence-corrected chi connectivity index (χ3v) is 5.29. The van der Waals surface area contributed by atoms with Crippen LogP contribution in [0.25, 0.3) is 0 Å². The minimum Gasteiger partial charge on any atom is -0.495 e. The average Bonchev–Trinajstić information content (AvgIpc) is 2.93. The molecule has 0 saturated carbocycles. The lowest BCUT2D eigenvalue weighted by atomic mass is 10.1. The molecular formula is C16H20ClN3O4S. The van der Waals surface area contributed by atoms with Gasteiger partial charge in [-0.2, -0.15) is 0 Å². The summed E-state index contributed by atoms with van der Waals surface area (Å²) >= 11 is 6.16. The topological polar surface area (TPSA) is 90.3 Å². The van der Waals surface area contributed by atoms with Crippen molar-refractivity contribution in [1.29, 1.82) is 0 Å². The maximum absolute atomic E-state index is 12.4. The van der Waals surface area contributed by atoms with Crippen LogP contribution in [0.2, 0.25) is 5.15 Å². The van der Waals surface area contributed by atoms with E-state index in [9.17, 15) is 13.2 Å². The molecule has 2 aromatic rings. The maximum Gasteiger partial charge on any atom is 0.286 e. The normalized spacial score (nSPS) is 11.6. The van der Waals surface area contributed by atoms with Crippen molar-refractivity contribution in [2.24, 2.45) is 5.92 Å². The summed E-state index contributed by atoms with van der Waals surface area (Å²) in [5.74, 6) is -0.294. The summed E-state index contributed by atoms with van der Waals surface area (Å²) in [6.45, 7) is 4.73. The molecule has 0 aliphatic heterocycles. The molecule has 0 saturated heterocycles. The smallest absolute Gasteiger partial charge is 0.286 e. The van der Waals surface area contributed by atoms with E-state index in [4.69, 9.17) is 16.3 Å². The number of carbonyl (C=O) groups is 1. The number of halogens is 1. The maximum atomic E-state index is 12.4. The van der Waals surface area contributed by atoms with Gasteiger partial charge in [-0.05, 0) is 24.5 Å². The van der Waals surface area contributed by atoms with Crippen molar-refractivity contribution in [3.8, 4) is 5.75 Å². The fraction of sp³-hybridized carbons (Fsp3) is 0.375. The van der Waals surface area contributed by atoms with Crippen LogP contribution < -0.4 is 9.46 Å². The highest BCUT2D eigenvalue weighted by Gasteiger charge is 2.25. The Labute approximate surface area is 152 Å². The van der Waals surface area contributed by atoms with Crippen molar-refractivity contribution < 1.29 is 17.9 Å². The van der Waals surface area contributed by atoms with Crippen LogP contribution in [0.3, 0.4) is 0 Å².